The van der Waals surface area contributed by atoms with Gasteiger partial charge in [-0.05, 0) is 43.3 Å². The lowest BCUT2D eigenvalue weighted by molar-refractivity contribution is 0.0909. The molecular weight excluding hydrogens is 372 g/mol. The number of halogens is 2. The van der Waals surface area contributed by atoms with Crippen molar-refractivity contribution < 1.29 is 13.9 Å². The molecule has 0 bridgehead atoms. The quantitative estimate of drug-likeness (QED) is 0.796. The van der Waals surface area contributed by atoms with Gasteiger partial charge in [0, 0.05) is 17.1 Å². The highest BCUT2D eigenvalue weighted by Gasteiger charge is 2.13. The molecule has 1 atom stereocenters. The van der Waals surface area contributed by atoms with Crippen LogP contribution in [0.3, 0.4) is 0 Å². The summed E-state index contributed by atoms with van der Waals surface area (Å²) in [6.45, 7) is 2.48. The summed E-state index contributed by atoms with van der Waals surface area (Å²) in [6, 6.07) is 10.7. The number of furan rings is 1. The highest BCUT2D eigenvalue weighted by atomic mass is 79.9. The van der Waals surface area contributed by atoms with Crippen LogP contribution in [0.2, 0.25) is 0 Å². The second kappa shape index (κ2) is 8.82. The molecule has 1 amide bonds. The average molecular weight is 390 g/mol. The fraction of sp³-hybridized carbons (Fsp3) is 0.267. The van der Waals surface area contributed by atoms with Crippen molar-refractivity contribution in [2.45, 2.75) is 19.6 Å². The van der Waals surface area contributed by atoms with Crippen LogP contribution in [0, 0.1) is 0 Å². The Morgan fingerprint density at radius 3 is 2.64 bits per heavy atom. The van der Waals surface area contributed by atoms with E-state index >= 15 is 0 Å². The SMILES string of the molecule is C[C@@H](CN)NC(=O)c1ccc(COc2ccc(Br)cc2)o1.Cl. The smallest absolute Gasteiger partial charge is 0.287 e. The number of benzene rings is 1. The molecule has 22 heavy (non-hydrogen) atoms. The maximum absolute atomic E-state index is 11.8. The van der Waals surface area contributed by atoms with Crippen molar-refractivity contribution >= 4 is 34.2 Å². The first-order valence-electron chi connectivity index (χ1n) is 6.56. The van der Waals surface area contributed by atoms with Gasteiger partial charge in [-0.25, -0.2) is 0 Å². The summed E-state index contributed by atoms with van der Waals surface area (Å²) >= 11 is 3.36. The minimum absolute atomic E-state index is 0. The van der Waals surface area contributed by atoms with Crippen LogP contribution in [-0.4, -0.2) is 18.5 Å². The number of ether oxygens (including phenoxy) is 1. The van der Waals surface area contributed by atoms with E-state index in [1.165, 1.54) is 0 Å². The fourth-order valence-corrected chi connectivity index (χ4v) is 1.88. The Bertz CT molecular complexity index is 601. The maximum atomic E-state index is 11.8. The molecule has 0 aliphatic rings. The van der Waals surface area contributed by atoms with Crippen LogP contribution >= 0.6 is 28.3 Å². The first-order valence-corrected chi connectivity index (χ1v) is 7.36. The van der Waals surface area contributed by atoms with E-state index in [0.717, 1.165) is 10.2 Å². The van der Waals surface area contributed by atoms with E-state index in [1.807, 2.05) is 31.2 Å². The zero-order chi connectivity index (χ0) is 15.2. The molecule has 7 heteroatoms. The molecule has 0 aliphatic heterocycles. The van der Waals surface area contributed by atoms with E-state index in [0.29, 0.717) is 12.3 Å². The predicted octanol–water partition coefficient (Wildman–Crippen LogP) is 3.12. The summed E-state index contributed by atoms with van der Waals surface area (Å²) in [7, 11) is 0. The second-order valence-corrected chi connectivity index (χ2v) is 5.53. The normalized spacial score (nSPS) is 11.4. The largest absolute Gasteiger partial charge is 0.486 e. The Morgan fingerprint density at radius 2 is 2.00 bits per heavy atom. The van der Waals surface area contributed by atoms with Crippen molar-refractivity contribution in [3.63, 3.8) is 0 Å². The number of amides is 1. The van der Waals surface area contributed by atoms with Gasteiger partial charge in [0.1, 0.15) is 18.1 Å². The Balaban J connectivity index is 0.00000242. The number of nitrogens with one attached hydrogen (secondary N) is 1. The van der Waals surface area contributed by atoms with Crippen LogP contribution < -0.4 is 15.8 Å². The third kappa shape index (κ3) is 5.36. The summed E-state index contributed by atoms with van der Waals surface area (Å²) in [5.74, 6) is 1.30. The van der Waals surface area contributed by atoms with Crippen LogP contribution in [0.25, 0.3) is 0 Å². The standard InChI is InChI=1S/C15H17BrN2O3.ClH/c1-10(8-17)18-15(19)14-7-6-13(21-14)9-20-12-4-2-11(16)3-5-12;/h2-7,10H,8-9,17H2,1H3,(H,18,19);1H/t10-;/m0./s1. The summed E-state index contributed by atoms with van der Waals surface area (Å²) in [5.41, 5.74) is 5.46. The molecule has 1 heterocycles. The van der Waals surface area contributed by atoms with Crippen LogP contribution in [0.1, 0.15) is 23.2 Å². The third-order valence-corrected chi connectivity index (χ3v) is 3.34. The topological polar surface area (TPSA) is 77.5 Å². The van der Waals surface area contributed by atoms with E-state index < -0.39 is 0 Å². The lowest BCUT2D eigenvalue weighted by Crippen LogP contribution is -2.37. The average Bonchev–Trinajstić information content (AvgIpc) is 2.95. The molecule has 2 rings (SSSR count). The molecule has 2 aromatic rings. The van der Waals surface area contributed by atoms with E-state index in [1.54, 1.807) is 12.1 Å². The molecule has 0 saturated carbocycles. The van der Waals surface area contributed by atoms with Gasteiger partial charge < -0.3 is 20.2 Å². The second-order valence-electron chi connectivity index (χ2n) is 4.62. The van der Waals surface area contributed by atoms with Gasteiger partial charge in [0.25, 0.3) is 5.91 Å². The van der Waals surface area contributed by atoms with E-state index in [-0.39, 0.29) is 36.7 Å². The predicted molar refractivity (Wildman–Crippen MR) is 90.4 cm³/mol. The van der Waals surface area contributed by atoms with E-state index in [4.69, 9.17) is 14.9 Å². The van der Waals surface area contributed by atoms with Gasteiger partial charge in [-0.3, -0.25) is 4.79 Å². The molecule has 0 saturated heterocycles. The van der Waals surface area contributed by atoms with Gasteiger partial charge in [-0.1, -0.05) is 15.9 Å². The van der Waals surface area contributed by atoms with E-state index in [2.05, 4.69) is 21.2 Å². The number of hydrogen-bond acceptors (Lipinski definition) is 4. The molecule has 5 nitrogen and oxygen atoms in total. The molecule has 1 aromatic heterocycles. The number of carbonyl (C=O) groups is 1. The number of hydrogen-bond donors (Lipinski definition) is 2. The number of nitrogens with two attached hydrogens (primary N) is 1. The summed E-state index contributed by atoms with van der Waals surface area (Å²) in [6.07, 6.45) is 0. The minimum Gasteiger partial charge on any atom is -0.486 e. The van der Waals surface area contributed by atoms with Crippen LogP contribution in [-0.2, 0) is 6.61 Å². The van der Waals surface area contributed by atoms with Crippen LogP contribution in [0.5, 0.6) is 5.75 Å². The van der Waals surface area contributed by atoms with Crippen molar-refractivity contribution in [1.29, 1.82) is 0 Å². The summed E-state index contributed by atoms with van der Waals surface area (Å²) < 4.78 is 12.0. The Labute approximate surface area is 143 Å². The van der Waals surface area contributed by atoms with Gasteiger partial charge in [-0.15, -0.1) is 12.4 Å². The first kappa shape index (κ1) is 18.5. The third-order valence-electron chi connectivity index (χ3n) is 2.81. The van der Waals surface area contributed by atoms with Crippen LogP contribution in [0.15, 0.2) is 45.3 Å². The van der Waals surface area contributed by atoms with Gasteiger partial charge in [0.2, 0.25) is 0 Å². The summed E-state index contributed by atoms with van der Waals surface area (Å²) in [4.78, 5) is 11.8. The maximum Gasteiger partial charge on any atom is 0.287 e. The zero-order valence-electron chi connectivity index (χ0n) is 12.0. The van der Waals surface area contributed by atoms with Gasteiger partial charge >= 0.3 is 0 Å². The van der Waals surface area contributed by atoms with Crippen molar-refractivity contribution in [2.24, 2.45) is 5.73 Å². The lowest BCUT2D eigenvalue weighted by atomic mass is 10.3. The molecule has 0 fully saturated rings. The highest BCUT2D eigenvalue weighted by Crippen LogP contribution is 2.18. The molecule has 1 aromatic carbocycles. The molecule has 120 valence electrons. The minimum atomic E-state index is -0.275. The van der Waals surface area contributed by atoms with Gasteiger partial charge in [0.05, 0.1) is 0 Å². The highest BCUT2D eigenvalue weighted by molar-refractivity contribution is 9.10. The van der Waals surface area contributed by atoms with Crippen LogP contribution in [0.4, 0.5) is 0 Å². The zero-order valence-corrected chi connectivity index (χ0v) is 14.4. The molecule has 0 radical (unpaired) electrons. The molecule has 0 spiro atoms. The molecule has 0 unspecified atom stereocenters. The molecule has 0 aliphatic carbocycles. The van der Waals surface area contributed by atoms with E-state index in [9.17, 15) is 4.79 Å². The Morgan fingerprint density at radius 1 is 1.32 bits per heavy atom. The van der Waals surface area contributed by atoms with Crippen molar-refractivity contribution in [1.82, 2.24) is 5.32 Å². The Kier molecular flexibility index (Phi) is 7.44. The number of carbonyl (C=O) groups excluding carboxylic acids is 1. The first-order chi connectivity index (χ1) is 10.1. The lowest BCUT2D eigenvalue weighted by Gasteiger charge is -2.09. The fourth-order valence-electron chi connectivity index (χ4n) is 1.62. The molecule has 3 N–H and O–H groups in total. The van der Waals surface area contributed by atoms with Crippen molar-refractivity contribution in [3.05, 3.63) is 52.4 Å². The summed E-state index contributed by atoms with van der Waals surface area (Å²) in [5, 5.41) is 2.74. The number of rotatable bonds is 6. The van der Waals surface area contributed by atoms with Gasteiger partial charge in [-0.2, -0.15) is 0 Å². The van der Waals surface area contributed by atoms with Crippen molar-refractivity contribution in [3.8, 4) is 5.75 Å². The monoisotopic (exact) mass is 388 g/mol. The Hall–Kier alpha value is -1.50. The molecular formula is C15H18BrClN2O3. The van der Waals surface area contributed by atoms with Crippen molar-refractivity contribution in [2.75, 3.05) is 6.54 Å². The van der Waals surface area contributed by atoms with Gasteiger partial charge in [0.15, 0.2) is 5.76 Å².